The Morgan fingerprint density at radius 2 is 1.90 bits per heavy atom. The molecule has 1 amide bonds. The minimum atomic E-state index is -4.74. The van der Waals surface area contributed by atoms with Crippen molar-refractivity contribution in [2.45, 2.75) is 6.18 Å². The van der Waals surface area contributed by atoms with Crippen LogP contribution < -0.4 is 5.73 Å². The molecule has 9 heteroatoms. The highest BCUT2D eigenvalue weighted by Crippen LogP contribution is 2.22. The van der Waals surface area contributed by atoms with Gasteiger partial charge in [0.15, 0.2) is 5.82 Å². The molecular formula is C11H11F5N2O2. The van der Waals surface area contributed by atoms with E-state index < -0.39 is 54.7 Å². The minimum absolute atomic E-state index is 0.164. The Hall–Kier alpha value is -1.90. The first kappa shape index (κ1) is 16.2. The Morgan fingerprint density at radius 1 is 1.30 bits per heavy atom. The molecule has 20 heavy (non-hydrogen) atoms. The van der Waals surface area contributed by atoms with Crippen molar-refractivity contribution in [3.05, 3.63) is 29.3 Å². The van der Waals surface area contributed by atoms with Crippen LogP contribution in [0.4, 0.5) is 27.6 Å². The van der Waals surface area contributed by atoms with Gasteiger partial charge >= 0.3 is 6.18 Å². The molecule has 3 N–H and O–H groups in total. The van der Waals surface area contributed by atoms with Crippen molar-refractivity contribution in [3.8, 4) is 0 Å². The molecule has 1 rings (SSSR count). The third kappa shape index (κ3) is 4.05. The van der Waals surface area contributed by atoms with Gasteiger partial charge in [0.1, 0.15) is 12.4 Å². The van der Waals surface area contributed by atoms with Gasteiger partial charge in [-0.1, -0.05) is 0 Å². The molecule has 4 nitrogen and oxygen atoms in total. The third-order valence-corrected chi connectivity index (χ3v) is 2.32. The average molecular weight is 298 g/mol. The van der Waals surface area contributed by atoms with E-state index in [0.717, 1.165) is 0 Å². The lowest BCUT2D eigenvalue weighted by Gasteiger charge is -2.23. The number of nitrogens with two attached hydrogens (primary N) is 1. The van der Waals surface area contributed by atoms with Crippen molar-refractivity contribution < 1.29 is 31.9 Å². The zero-order chi connectivity index (χ0) is 15.5. The van der Waals surface area contributed by atoms with E-state index in [9.17, 15) is 26.7 Å². The molecule has 0 saturated heterocycles. The number of aliphatic hydroxyl groups is 1. The van der Waals surface area contributed by atoms with Crippen molar-refractivity contribution in [2.24, 2.45) is 0 Å². The van der Waals surface area contributed by atoms with E-state index in [-0.39, 0.29) is 4.90 Å². The lowest BCUT2D eigenvalue weighted by molar-refractivity contribution is -0.141. The summed E-state index contributed by atoms with van der Waals surface area (Å²) in [5.74, 6) is -3.76. The van der Waals surface area contributed by atoms with Crippen LogP contribution in [0.3, 0.4) is 0 Å². The number of anilines is 1. The molecule has 0 unspecified atom stereocenters. The molecule has 0 spiro atoms. The number of rotatable bonds is 4. The van der Waals surface area contributed by atoms with Crippen LogP contribution in [0.25, 0.3) is 0 Å². The Balaban J connectivity index is 3.12. The molecule has 0 aliphatic rings. The maximum atomic E-state index is 13.6. The number of hydrogen-bond acceptors (Lipinski definition) is 3. The maximum absolute atomic E-state index is 13.6. The molecule has 0 aliphatic carbocycles. The predicted octanol–water partition coefficient (Wildman–Crippen LogP) is 1.54. The second-order valence-corrected chi connectivity index (χ2v) is 3.92. The number of nitrogen functional groups attached to an aromatic ring is 1. The van der Waals surface area contributed by atoms with E-state index in [1.165, 1.54) is 0 Å². The Bertz CT molecular complexity index is 504. The number of hydrogen-bond donors (Lipinski definition) is 2. The summed E-state index contributed by atoms with van der Waals surface area (Å²) in [6, 6.07) is 1.06. The fraction of sp³-hybridized carbons (Fsp3) is 0.364. The van der Waals surface area contributed by atoms with Crippen LogP contribution in [0.1, 0.15) is 10.4 Å². The highest BCUT2D eigenvalue weighted by molar-refractivity contribution is 5.95. The number of amides is 1. The molecular weight excluding hydrogens is 287 g/mol. The normalized spacial score (nSPS) is 11.5. The van der Waals surface area contributed by atoms with E-state index in [4.69, 9.17) is 10.8 Å². The van der Waals surface area contributed by atoms with Gasteiger partial charge in [0.05, 0.1) is 17.9 Å². The Kier molecular flexibility index (Phi) is 4.88. The summed E-state index contributed by atoms with van der Waals surface area (Å²) in [4.78, 5) is 12.0. The van der Waals surface area contributed by atoms with Crippen molar-refractivity contribution in [2.75, 3.05) is 25.4 Å². The summed E-state index contributed by atoms with van der Waals surface area (Å²) in [6.07, 6.45) is -4.74. The molecule has 1 aromatic rings. The number of nitrogens with zero attached hydrogens (tertiary/aromatic N) is 1. The summed E-state index contributed by atoms with van der Waals surface area (Å²) in [7, 11) is 0. The second kappa shape index (κ2) is 6.04. The molecule has 1 aromatic carbocycles. The number of aliphatic hydroxyl groups excluding tert-OH is 1. The van der Waals surface area contributed by atoms with Gasteiger partial charge in [0.25, 0.3) is 5.91 Å². The number of benzene rings is 1. The molecule has 0 bridgehead atoms. The molecule has 0 heterocycles. The smallest absolute Gasteiger partial charge is 0.396 e. The third-order valence-electron chi connectivity index (χ3n) is 2.32. The van der Waals surface area contributed by atoms with E-state index >= 15 is 0 Å². The van der Waals surface area contributed by atoms with Crippen molar-refractivity contribution in [3.63, 3.8) is 0 Å². The first-order chi connectivity index (χ1) is 9.15. The number of halogens is 5. The lowest BCUT2D eigenvalue weighted by atomic mass is 10.1. The largest absolute Gasteiger partial charge is 0.406 e. The van der Waals surface area contributed by atoms with E-state index in [2.05, 4.69) is 0 Å². The highest BCUT2D eigenvalue weighted by atomic mass is 19.4. The van der Waals surface area contributed by atoms with Crippen LogP contribution in [0.2, 0.25) is 0 Å². The van der Waals surface area contributed by atoms with Crippen molar-refractivity contribution >= 4 is 11.6 Å². The van der Waals surface area contributed by atoms with Crippen molar-refractivity contribution in [1.29, 1.82) is 0 Å². The molecule has 0 atom stereocenters. The first-order valence-electron chi connectivity index (χ1n) is 5.37. The molecule has 112 valence electrons. The van der Waals surface area contributed by atoms with Gasteiger partial charge in [-0.05, 0) is 12.1 Å². The highest BCUT2D eigenvalue weighted by Gasteiger charge is 2.34. The number of carbonyl (C=O) groups excluding carboxylic acids is 1. The van der Waals surface area contributed by atoms with Gasteiger partial charge in [0, 0.05) is 6.54 Å². The molecule has 0 aromatic heterocycles. The molecule has 0 aliphatic heterocycles. The predicted molar refractivity (Wildman–Crippen MR) is 59.8 cm³/mol. The monoisotopic (exact) mass is 298 g/mol. The summed E-state index contributed by atoms with van der Waals surface area (Å²) in [5, 5.41) is 8.65. The SMILES string of the molecule is Nc1cc(F)cc(C(=O)N(CCO)CC(F)(F)F)c1F. The summed E-state index contributed by atoms with van der Waals surface area (Å²) < 4.78 is 63.5. The molecule has 0 fully saturated rings. The Morgan fingerprint density at radius 3 is 2.40 bits per heavy atom. The maximum Gasteiger partial charge on any atom is 0.406 e. The summed E-state index contributed by atoms with van der Waals surface area (Å²) >= 11 is 0. The van der Waals surface area contributed by atoms with E-state index in [0.29, 0.717) is 12.1 Å². The van der Waals surface area contributed by atoms with Crippen LogP contribution >= 0.6 is 0 Å². The topological polar surface area (TPSA) is 66.6 Å². The van der Waals surface area contributed by atoms with Crippen LogP contribution in [-0.2, 0) is 0 Å². The van der Waals surface area contributed by atoms with Crippen LogP contribution in [-0.4, -0.2) is 41.8 Å². The molecule has 0 radical (unpaired) electrons. The van der Waals surface area contributed by atoms with Gasteiger partial charge in [0.2, 0.25) is 0 Å². The summed E-state index contributed by atoms with van der Waals surface area (Å²) in [5.41, 5.74) is 3.50. The van der Waals surface area contributed by atoms with Crippen LogP contribution in [0.5, 0.6) is 0 Å². The van der Waals surface area contributed by atoms with Crippen molar-refractivity contribution in [1.82, 2.24) is 4.90 Å². The quantitative estimate of drug-likeness (QED) is 0.654. The zero-order valence-corrected chi connectivity index (χ0v) is 10.0. The standard InChI is InChI=1S/C11H11F5N2O2/c12-6-3-7(9(13)8(17)4-6)10(20)18(1-2-19)5-11(14,15)16/h3-4,19H,1-2,5,17H2. The average Bonchev–Trinajstić information content (AvgIpc) is 2.30. The van der Waals surface area contributed by atoms with Crippen LogP contribution in [0.15, 0.2) is 12.1 Å². The molecule has 0 saturated carbocycles. The van der Waals surface area contributed by atoms with Gasteiger partial charge in [-0.15, -0.1) is 0 Å². The number of alkyl halides is 3. The van der Waals surface area contributed by atoms with Gasteiger partial charge in [-0.25, -0.2) is 8.78 Å². The van der Waals surface area contributed by atoms with Gasteiger partial charge in [-0.2, -0.15) is 13.2 Å². The second-order valence-electron chi connectivity index (χ2n) is 3.92. The van der Waals surface area contributed by atoms with E-state index in [1.807, 2.05) is 0 Å². The fourth-order valence-electron chi connectivity index (χ4n) is 1.53. The summed E-state index contributed by atoms with van der Waals surface area (Å²) in [6.45, 7) is -3.12. The lowest BCUT2D eigenvalue weighted by Crippen LogP contribution is -2.41. The van der Waals surface area contributed by atoms with Gasteiger partial charge < -0.3 is 15.7 Å². The number of carbonyl (C=O) groups is 1. The fourth-order valence-corrected chi connectivity index (χ4v) is 1.53. The minimum Gasteiger partial charge on any atom is -0.396 e. The van der Waals surface area contributed by atoms with Gasteiger partial charge in [-0.3, -0.25) is 4.79 Å². The zero-order valence-electron chi connectivity index (χ0n) is 10.0. The van der Waals surface area contributed by atoms with Crippen LogP contribution in [0, 0.1) is 11.6 Å². The Labute approximate surface area is 110 Å². The van der Waals surface area contributed by atoms with E-state index in [1.54, 1.807) is 0 Å². The first-order valence-corrected chi connectivity index (χ1v) is 5.37.